The Morgan fingerprint density at radius 2 is 2.14 bits per heavy atom. The minimum atomic E-state index is -0.798. The molecule has 0 amide bonds. The van der Waals surface area contributed by atoms with Crippen LogP contribution in [0.25, 0.3) is 0 Å². The zero-order valence-electron chi connectivity index (χ0n) is 20.7. The Hall–Kier alpha value is -2.33. The third-order valence-electron chi connectivity index (χ3n) is 8.46. The van der Waals surface area contributed by atoms with Crippen LogP contribution in [0.2, 0.25) is 0 Å². The van der Waals surface area contributed by atoms with Crippen LogP contribution in [0.15, 0.2) is 24.0 Å². The molecule has 0 spiro atoms. The van der Waals surface area contributed by atoms with Gasteiger partial charge in [-0.1, -0.05) is 19.4 Å². The second-order valence-electron chi connectivity index (χ2n) is 9.83. The molecule has 0 aromatic heterocycles. The van der Waals surface area contributed by atoms with Crippen LogP contribution in [-0.4, -0.2) is 75.4 Å². The smallest absolute Gasteiger partial charge is 0.293 e. The van der Waals surface area contributed by atoms with E-state index in [1.54, 1.807) is 20.5 Å². The number of anilines is 1. The first-order chi connectivity index (χ1) is 17.1. The van der Waals surface area contributed by atoms with E-state index in [1.165, 1.54) is 0 Å². The summed E-state index contributed by atoms with van der Waals surface area (Å²) in [6.45, 7) is 5.54. The van der Waals surface area contributed by atoms with Crippen LogP contribution in [0.5, 0.6) is 5.75 Å². The predicted octanol–water partition coefficient (Wildman–Crippen LogP) is 2.38. The fourth-order valence-electron chi connectivity index (χ4n) is 7.04. The molecule has 1 aromatic rings. The summed E-state index contributed by atoms with van der Waals surface area (Å²) in [5.74, 6) is 1.23. The Kier molecular flexibility index (Phi) is 6.69. The fraction of sp³-hybridized carbons (Fsp3) is 0.654. The quantitative estimate of drug-likeness (QED) is 0.422. The first kappa shape index (κ1) is 24.4. The summed E-state index contributed by atoms with van der Waals surface area (Å²) in [5.41, 5.74) is 2.05. The fourth-order valence-corrected chi connectivity index (χ4v) is 7.04. The number of ether oxygens (including phenoxy) is 5. The van der Waals surface area contributed by atoms with Crippen LogP contribution in [0.1, 0.15) is 37.3 Å². The minimum absolute atomic E-state index is 0.00974. The van der Waals surface area contributed by atoms with Gasteiger partial charge in [0, 0.05) is 29.9 Å². The highest BCUT2D eigenvalue weighted by molar-refractivity contribution is 5.70. The van der Waals surface area contributed by atoms with Crippen LogP contribution < -0.4 is 10.1 Å². The van der Waals surface area contributed by atoms with Gasteiger partial charge in [0.15, 0.2) is 5.72 Å². The van der Waals surface area contributed by atoms with Gasteiger partial charge < -0.3 is 34.1 Å². The molecule has 2 N–H and O–H groups in total. The standard InChI is InChI=1S/C26H36N2O7/c1-4-17-12-28-8-7-25-23-21(6-5-18(13-29)24(23)32-3)27-26(25,35-10-9-34-25)22(28)11-20(17)19(14-31-2)15-33-16-30/h5-6,14,16-17,20,22,27,29H,4,7-13,15H2,1-3H3/t17-,20+,22+,25+,26+/m1/s1. The molecule has 0 bridgehead atoms. The molecule has 4 aliphatic rings. The van der Waals surface area contributed by atoms with E-state index in [9.17, 15) is 9.90 Å². The molecule has 0 saturated carbocycles. The van der Waals surface area contributed by atoms with E-state index in [0.717, 1.165) is 54.7 Å². The number of rotatable bonds is 8. The highest BCUT2D eigenvalue weighted by Gasteiger charge is 2.70. The van der Waals surface area contributed by atoms with E-state index in [-0.39, 0.29) is 25.2 Å². The monoisotopic (exact) mass is 488 g/mol. The summed E-state index contributed by atoms with van der Waals surface area (Å²) in [5, 5.41) is 13.7. The van der Waals surface area contributed by atoms with Gasteiger partial charge in [-0.25, -0.2) is 0 Å². The SMILES string of the molecule is CC[C@@H]1CN2CC[C@@]34OCCO[C@@]3(Nc3ccc(CO)c(OC)c34)[C@@H]2C[C@@H]1C(=COC)COC=O. The number of aliphatic hydroxyl groups is 1. The van der Waals surface area contributed by atoms with Crippen molar-refractivity contribution in [1.29, 1.82) is 0 Å². The second-order valence-corrected chi connectivity index (χ2v) is 9.83. The van der Waals surface area contributed by atoms with Crippen molar-refractivity contribution in [3.05, 3.63) is 35.1 Å². The summed E-state index contributed by atoms with van der Waals surface area (Å²) >= 11 is 0. The van der Waals surface area contributed by atoms with Crippen molar-refractivity contribution in [3.63, 3.8) is 0 Å². The molecule has 5 rings (SSSR count). The predicted molar refractivity (Wildman–Crippen MR) is 128 cm³/mol. The highest BCUT2D eigenvalue weighted by atomic mass is 16.6. The van der Waals surface area contributed by atoms with Gasteiger partial charge in [0.2, 0.25) is 0 Å². The molecule has 0 unspecified atom stereocenters. The van der Waals surface area contributed by atoms with Crippen LogP contribution in [0.4, 0.5) is 5.69 Å². The number of fused-ring (bicyclic) bond motifs is 2. The number of piperidine rings is 2. The lowest BCUT2D eigenvalue weighted by atomic mass is 9.67. The molecule has 4 heterocycles. The summed E-state index contributed by atoms with van der Waals surface area (Å²) < 4.78 is 29.8. The lowest BCUT2D eigenvalue weighted by Gasteiger charge is -2.61. The first-order valence-corrected chi connectivity index (χ1v) is 12.5. The Balaban J connectivity index is 1.59. The molecule has 9 nitrogen and oxygen atoms in total. The normalized spacial score (nSPS) is 34.1. The van der Waals surface area contributed by atoms with Crippen molar-refractivity contribution in [2.24, 2.45) is 11.8 Å². The van der Waals surface area contributed by atoms with Crippen molar-refractivity contribution in [2.75, 3.05) is 52.4 Å². The Morgan fingerprint density at radius 3 is 2.86 bits per heavy atom. The second kappa shape index (κ2) is 9.61. The molecule has 0 radical (unpaired) electrons. The third-order valence-corrected chi connectivity index (χ3v) is 8.46. The summed E-state index contributed by atoms with van der Waals surface area (Å²) in [4.78, 5) is 13.5. The molecule has 5 atom stereocenters. The average molecular weight is 489 g/mol. The van der Waals surface area contributed by atoms with Gasteiger partial charge in [-0.05, 0) is 30.7 Å². The van der Waals surface area contributed by atoms with Gasteiger partial charge in [-0.2, -0.15) is 0 Å². The van der Waals surface area contributed by atoms with Gasteiger partial charge in [0.1, 0.15) is 18.0 Å². The maximum atomic E-state index is 11.0. The summed E-state index contributed by atoms with van der Waals surface area (Å²) in [6.07, 6.45) is 4.29. The number of hydrogen-bond acceptors (Lipinski definition) is 9. The lowest BCUT2D eigenvalue weighted by molar-refractivity contribution is -0.297. The van der Waals surface area contributed by atoms with E-state index < -0.39 is 11.3 Å². The van der Waals surface area contributed by atoms with Crippen molar-refractivity contribution in [3.8, 4) is 5.75 Å². The van der Waals surface area contributed by atoms with E-state index >= 15 is 0 Å². The first-order valence-electron chi connectivity index (χ1n) is 12.5. The highest BCUT2D eigenvalue weighted by Crippen LogP contribution is 2.62. The number of benzene rings is 1. The van der Waals surface area contributed by atoms with Crippen LogP contribution in [0.3, 0.4) is 0 Å². The van der Waals surface area contributed by atoms with E-state index in [4.69, 9.17) is 23.7 Å². The zero-order chi connectivity index (χ0) is 24.6. The number of carbonyl (C=O) groups excluding carboxylic acids is 1. The van der Waals surface area contributed by atoms with Gasteiger partial charge in [-0.15, -0.1) is 0 Å². The van der Waals surface area contributed by atoms with Crippen LogP contribution in [-0.2, 0) is 35.9 Å². The molecular formula is C26H36N2O7. The van der Waals surface area contributed by atoms with Crippen LogP contribution >= 0.6 is 0 Å². The molecular weight excluding hydrogens is 452 g/mol. The number of methoxy groups -OCH3 is 2. The Bertz CT molecular complexity index is 985. The number of aliphatic hydroxyl groups excluding tert-OH is 1. The Morgan fingerprint density at radius 1 is 1.31 bits per heavy atom. The lowest BCUT2D eigenvalue weighted by Crippen LogP contribution is -2.75. The minimum Gasteiger partial charge on any atom is -0.504 e. The maximum Gasteiger partial charge on any atom is 0.293 e. The largest absolute Gasteiger partial charge is 0.504 e. The third kappa shape index (κ3) is 3.55. The van der Waals surface area contributed by atoms with Crippen molar-refractivity contribution >= 4 is 12.2 Å². The van der Waals surface area contributed by atoms with Crippen molar-refractivity contribution in [2.45, 2.75) is 50.2 Å². The van der Waals surface area contributed by atoms with Gasteiger partial charge in [-0.3, -0.25) is 9.69 Å². The molecule has 35 heavy (non-hydrogen) atoms. The maximum absolute atomic E-state index is 11.0. The summed E-state index contributed by atoms with van der Waals surface area (Å²) in [7, 11) is 3.27. The van der Waals surface area contributed by atoms with Gasteiger partial charge >= 0.3 is 0 Å². The number of nitrogens with zero attached hydrogens (tertiary/aromatic N) is 1. The number of nitrogens with one attached hydrogen (secondary N) is 1. The Labute approximate surface area is 206 Å². The molecule has 4 aliphatic heterocycles. The molecule has 192 valence electrons. The summed E-state index contributed by atoms with van der Waals surface area (Å²) in [6, 6.07) is 3.90. The molecule has 1 aromatic carbocycles. The molecule has 9 heteroatoms. The average Bonchev–Trinajstić information content (AvgIpc) is 3.21. The molecule has 0 aliphatic carbocycles. The number of carbonyl (C=O) groups is 1. The van der Waals surface area contributed by atoms with E-state index in [0.29, 0.717) is 31.4 Å². The van der Waals surface area contributed by atoms with Gasteiger partial charge in [0.25, 0.3) is 6.47 Å². The van der Waals surface area contributed by atoms with Crippen molar-refractivity contribution in [1.82, 2.24) is 4.90 Å². The van der Waals surface area contributed by atoms with E-state index in [2.05, 4.69) is 17.1 Å². The molecule has 3 fully saturated rings. The molecule has 3 saturated heterocycles. The number of hydrogen-bond donors (Lipinski definition) is 2. The van der Waals surface area contributed by atoms with Crippen LogP contribution in [0, 0.1) is 11.8 Å². The topological polar surface area (TPSA) is 98.7 Å². The van der Waals surface area contributed by atoms with Crippen molar-refractivity contribution < 1.29 is 33.6 Å². The van der Waals surface area contributed by atoms with Gasteiger partial charge in [0.05, 0.1) is 51.9 Å². The van der Waals surface area contributed by atoms with E-state index in [1.807, 2.05) is 12.1 Å². The zero-order valence-corrected chi connectivity index (χ0v) is 20.7.